The average Bonchev–Trinajstić information content (AvgIpc) is 2.54. The summed E-state index contributed by atoms with van der Waals surface area (Å²) < 4.78 is 0. The molecule has 0 aromatic heterocycles. The summed E-state index contributed by atoms with van der Waals surface area (Å²) in [4.78, 5) is 11.9. The lowest BCUT2D eigenvalue weighted by molar-refractivity contribution is -0.129. The Kier molecular flexibility index (Phi) is 3.93. The predicted octanol–water partition coefficient (Wildman–Crippen LogP) is 1.29. The summed E-state index contributed by atoms with van der Waals surface area (Å²) >= 11 is 0. The fourth-order valence-electron chi connectivity index (χ4n) is 1.91. The summed E-state index contributed by atoms with van der Waals surface area (Å²) in [7, 11) is 0. The normalized spacial score (nSPS) is 28.8. The van der Waals surface area contributed by atoms with Crippen molar-refractivity contribution in [2.45, 2.75) is 46.1 Å². The third-order valence-electron chi connectivity index (χ3n) is 3.02. The summed E-state index contributed by atoms with van der Waals surface area (Å²) in [6.45, 7) is 8.04. The number of hydrogen-bond acceptors (Lipinski definition) is 2. The molecule has 3 heteroatoms. The molecule has 0 radical (unpaired) electrons. The molecule has 1 saturated heterocycles. The van der Waals surface area contributed by atoms with Crippen molar-refractivity contribution in [1.29, 1.82) is 0 Å². The minimum Gasteiger partial charge on any atom is -0.353 e. The quantitative estimate of drug-likeness (QED) is 0.714. The van der Waals surface area contributed by atoms with E-state index >= 15 is 0 Å². The van der Waals surface area contributed by atoms with Crippen molar-refractivity contribution < 1.29 is 4.79 Å². The van der Waals surface area contributed by atoms with Crippen LogP contribution in [0.2, 0.25) is 0 Å². The molecular formula is C11H22N2O. The van der Waals surface area contributed by atoms with Gasteiger partial charge in [0.05, 0.1) is 5.41 Å². The lowest BCUT2D eigenvalue weighted by Gasteiger charge is -2.24. The number of amides is 1. The molecule has 3 nitrogen and oxygen atoms in total. The number of carbonyl (C=O) groups excluding carboxylic acids is 1. The highest BCUT2D eigenvalue weighted by Gasteiger charge is 2.36. The van der Waals surface area contributed by atoms with E-state index in [1.165, 1.54) is 0 Å². The molecule has 1 fully saturated rings. The molecule has 1 aliphatic rings. The SMILES string of the molecule is CCCC(C)NC(=O)C1(C)CCNC1. The maximum absolute atomic E-state index is 11.9. The Bertz CT molecular complexity index is 197. The number of hydrogen-bond donors (Lipinski definition) is 2. The smallest absolute Gasteiger partial charge is 0.227 e. The topological polar surface area (TPSA) is 41.1 Å². The van der Waals surface area contributed by atoms with Gasteiger partial charge in [0.25, 0.3) is 0 Å². The van der Waals surface area contributed by atoms with Crippen LogP contribution >= 0.6 is 0 Å². The Balaban J connectivity index is 2.40. The third-order valence-corrected chi connectivity index (χ3v) is 3.02. The van der Waals surface area contributed by atoms with Crippen LogP contribution < -0.4 is 10.6 Å². The van der Waals surface area contributed by atoms with E-state index in [1.807, 2.05) is 6.92 Å². The first kappa shape index (κ1) is 11.5. The van der Waals surface area contributed by atoms with E-state index in [-0.39, 0.29) is 11.3 Å². The van der Waals surface area contributed by atoms with Crippen molar-refractivity contribution in [3.8, 4) is 0 Å². The second-order valence-corrected chi connectivity index (χ2v) is 4.65. The summed E-state index contributed by atoms with van der Waals surface area (Å²) in [6, 6.07) is 0.310. The molecule has 2 unspecified atom stereocenters. The van der Waals surface area contributed by atoms with Crippen molar-refractivity contribution in [2.75, 3.05) is 13.1 Å². The van der Waals surface area contributed by atoms with Crippen molar-refractivity contribution >= 4 is 5.91 Å². The monoisotopic (exact) mass is 198 g/mol. The van der Waals surface area contributed by atoms with Crippen LogP contribution in [-0.4, -0.2) is 25.0 Å². The molecule has 1 amide bonds. The predicted molar refractivity (Wildman–Crippen MR) is 58.1 cm³/mol. The van der Waals surface area contributed by atoms with Crippen LogP contribution in [0.4, 0.5) is 0 Å². The Morgan fingerprint density at radius 3 is 2.86 bits per heavy atom. The summed E-state index contributed by atoms with van der Waals surface area (Å²) in [5, 5.41) is 6.32. The Morgan fingerprint density at radius 2 is 2.36 bits per heavy atom. The van der Waals surface area contributed by atoms with E-state index in [2.05, 4.69) is 24.5 Å². The Labute approximate surface area is 86.6 Å². The van der Waals surface area contributed by atoms with Crippen molar-refractivity contribution in [3.05, 3.63) is 0 Å². The molecule has 1 rings (SSSR count). The average molecular weight is 198 g/mol. The Hall–Kier alpha value is -0.570. The van der Waals surface area contributed by atoms with Gasteiger partial charge in [-0.05, 0) is 33.2 Å². The van der Waals surface area contributed by atoms with Gasteiger partial charge in [0, 0.05) is 12.6 Å². The number of rotatable bonds is 4. The second kappa shape index (κ2) is 4.78. The highest BCUT2D eigenvalue weighted by Crippen LogP contribution is 2.24. The van der Waals surface area contributed by atoms with Crippen molar-refractivity contribution in [2.24, 2.45) is 5.41 Å². The van der Waals surface area contributed by atoms with Gasteiger partial charge in [0.1, 0.15) is 0 Å². The zero-order valence-corrected chi connectivity index (χ0v) is 9.52. The zero-order valence-electron chi connectivity index (χ0n) is 9.52. The maximum atomic E-state index is 11.9. The van der Waals surface area contributed by atoms with Gasteiger partial charge < -0.3 is 10.6 Å². The molecule has 0 aromatic rings. The van der Waals surface area contributed by atoms with Gasteiger partial charge in [-0.25, -0.2) is 0 Å². The second-order valence-electron chi connectivity index (χ2n) is 4.65. The van der Waals surface area contributed by atoms with Gasteiger partial charge in [-0.1, -0.05) is 13.3 Å². The number of nitrogens with one attached hydrogen (secondary N) is 2. The summed E-state index contributed by atoms with van der Waals surface area (Å²) in [5.41, 5.74) is -0.179. The van der Waals surface area contributed by atoms with Crippen molar-refractivity contribution in [1.82, 2.24) is 10.6 Å². The van der Waals surface area contributed by atoms with Gasteiger partial charge in [-0.3, -0.25) is 4.79 Å². The van der Waals surface area contributed by atoms with Gasteiger partial charge >= 0.3 is 0 Å². The molecule has 1 heterocycles. The number of carbonyl (C=O) groups is 1. The molecule has 82 valence electrons. The first-order valence-electron chi connectivity index (χ1n) is 5.60. The maximum Gasteiger partial charge on any atom is 0.227 e. The summed E-state index contributed by atoms with van der Waals surface area (Å²) in [6.07, 6.45) is 3.14. The molecule has 2 atom stereocenters. The molecule has 14 heavy (non-hydrogen) atoms. The fraction of sp³-hybridized carbons (Fsp3) is 0.909. The van der Waals surface area contributed by atoms with Crippen LogP contribution in [0.25, 0.3) is 0 Å². The van der Waals surface area contributed by atoms with Crippen LogP contribution in [0.5, 0.6) is 0 Å². The highest BCUT2D eigenvalue weighted by atomic mass is 16.2. The first-order chi connectivity index (χ1) is 6.58. The van der Waals surface area contributed by atoms with E-state index in [9.17, 15) is 4.79 Å². The van der Waals surface area contributed by atoms with Crippen molar-refractivity contribution in [3.63, 3.8) is 0 Å². The molecule has 0 spiro atoms. The van der Waals surface area contributed by atoms with E-state index < -0.39 is 0 Å². The van der Waals surface area contributed by atoms with Crippen LogP contribution in [0, 0.1) is 5.41 Å². The van der Waals surface area contributed by atoms with Gasteiger partial charge in [0.2, 0.25) is 5.91 Å². The fourth-order valence-corrected chi connectivity index (χ4v) is 1.91. The van der Waals surface area contributed by atoms with Crippen LogP contribution in [-0.2, 0) is 4.79 Å². The van der Waals surface area contributed by atoms with Gasteiger partial charge in [0.15, 0.2) is 0 Å². The molecule has 0 aromatic carbocycles. The van der Waals surface area contributed by atoms with E-state index in [0.717, 1.165) is 32.4 Å². The summed E-state index contributed by atoms with van der Waals surface area (Å²) in [5.74, 6) is 0.212. The molecule has 0 saturated carbocycles. The van der Waals surface area contributed by atoms with Crippen LogP contribution in [0.3, 0.4) is 0 Å². The highest BCUT2D eigenvalue weighted by molar-refractivity contribution is 5.83. The molecule has 0 bridgehead atoms. The van der Waals surface area contributed by atoms with Gasteiger partial charge in [-0.2, -0.15) is 0 Å². The lowest BCUT2D eigenvalue weighted by atomic mass is 9.88. The first-order valence-corrected chi connectivity index (χ1v) is 5.60. The Morgan fingerprint density at radius 1 is 1.64 bits per heavy atom. The van der Waals surface area contributed by atoms with Gasteiger partial charge in [-0.15, -0.1) is 0 Å². The van der Waals surface area contributed by atoms with Crippen LogP contribution in [0.15, 0.2) is 0 Å². The standard InChI is InChI=1S/C11H22N2O/c1-4-5-9(2)13-10(14)11(3)6-7-12-8-11/h9,12H,4-8H2,1-3H3,(H,13,14). The van der Waals surface area contributed by atoms with E-state index in [4.69, 9.17) is 0 Å². The molecule has 0 aliphatic carbocycles. The largest absolute Gasteiger partial charge is 0.353 e. The van der Waals surface area contributed by atoms with Crippen LogP contribution in [0.1, 0.15) is 40.0 Å². The lowest BCUT2D eigenvalue weighted by Crippen LogP contribution is -2.44. The minimum absolute atomic E-state index is 0.179. The van der Waals surface area contributed by atoms with E-state index in [0.29, 0.717) is 6.04 Å². The van der Waals surface area contributed by atoms with E-state index in [1.54, 1.807) is 0 Å². The molecular weight excluding hydrogens is 176 g/mol. The molecule has 1 aliphatic heterocycles. The minimum atomic E-state index is -0.179. The third kappa shape index (κ3) is 2.71. The molecule has 2 N–H and O–H groups in total. The zero-order chi connectivity index (χ0) is 10.6.